The molecule has 2 rings (SSSR count). The second-order valence-corrected chi connectivity index (χ2v) is 5.07. The van der Waals surface area contributed by atoms with Crippen LogP contribution >= 0.6 is 11.3 Å². The van der Waals surface area contributed by atoms with E-state index in [-0.39, 0.29) is 0 Å². The highest BCUT2D eigenvalue weighted by Crippen LogP contribution is 2.39. The molecule has 4 nitrogen and oxygen atoms in total. The summed E-state index contributed by atoms with van der Waals surface area (Å²) in [5, 5.41) is 18.8. The maximum Gasteiger partial charge on any atom is 0.131 e. The van der Waals surface area contributed by atoms with Crippen LogP contribution in [-0.4, -0.2) is 13.6 Å². The zero-order valence-electron chi connectivity index (χ0n) is 9.03. The Bertz CT molecular complexity index is 487. The summed E-state index contributed by atoms with van der Waals surface area (Å²) in [6, 6.07) is 4.12. The van der Waals surface area contributed by atoms with Gasteiger partial charge in [0.25, 0.3) is 0 Å². The molecule has 0 aliphatic heterocycles. The molecule has 0 bridgehead atoms. The average Bonchev–Trinajstić information content (AvgIpc) is 3.01. The molecule has 1 fully saturated rings. The normalized spacial score (nSPS) is 14.2. The quantitative estimate of drug-likeness (QED) is 0.863. The first-order valence-electron chi connectivity index (χ1n) is 5.11. The number of rotatable bonds is 3. The number of nitrogen functional groups attached to an aromatic ring is 1. The van der Waals surface area contributed by atoms with Crippen LogP contribution in [0.2, 0.25) is 0 Å². The number of nitriles is 2. The topological polar surface area (TPSA) is 76.8 Å². The lowest BCUT2D eigenvalue weighted by atomic mass is 10.2. The van der Waals surface area contributed by atoms with E-state index in [9.17, 15) is 0 Å². The highest BCUT2D eigenvalue weighted by Gasteiger charge is 2.26. The predicted octanol–water partition coefficient (Wildman–Crippen LogP) is 1.92. The fraction of sp³-hybridized carbons (Fsp3) is 0.455. The van der Waals surface area contributed by atoms with Gasteiger partial charge in [0.2, 0.25) is 0 Å². The molecule has 2 N–H and O–H groups in total. The Morgan fingerprint density at radius 2 is 2.12 bits per heavy atom. The molecule has 0 amide bonds. The first-order valence-corrected chi connectivity index (χ1v) is 5.92. The number of hydrogen-bond acceptors (Lipinski definition) is 5. The van der Waals surface area contributed by atoms with E-state index in [0.29, 0.717) is 16.1 Å². The molecule has 0 aromatic carbocycles. The molecule has 0 atom stereocenters. The zero-order valence-corrected chi connectivity index (χ0v) is 9.84. The number of anilines is 2. The Hall–Kier alpha value is -1.72. The van der Waals surface area contributed by atoms with E-state index in [4.69, 9.17) is 16.3 Å². The highest BCUT2D eigenvalue weighted by molar-refractivity contribution is 7.17. The minimum atomic E-state index is 0.327. The molecule has 1 saturated carbocycles. The summed E-state index contributed by atoms with van der Waals surface area (Å²) in [5.41, 5.74) is 6.52. The molecular formula is C11H12N4S. The zero-order chi connectivity index (χ0) is 11.7. The van der Waals surface area contributed by atoms with Gasteiger partial charge in [-0.15, -0.1) is 11.3 Å². The van der Waals surface area contributed by atoms with Crippen molar-refractivity contribution in [3.8, 4) is 12.1 Å². The van der Waals surface area contributed by atoms with Crippen LogP contribution in [0.4, 0.5) is 10.7 Å². The maximum absolute atomic E-state index is 9.05. The number of thiophene rings is 1. The number of nitrogens with zero attached hydrogens (tertiary/aromatic N) is 3. The van der Waals surface area contributed by atoms with Crippen molar-refractivity contribution in [1.82, 2.24) is 0 Å². The number of nitrogens with two attached hydrogens (primary N) is 1. The highest BCUT2D eigenvalue weighted by atomic mass is 32.1. The van der Waals surface area contributed by atoms with Crippen LogP contribution in [0.15, 0.2) is 0 Å². The van der Waals surface area contributed by atoms with Gasteiger partial charge in [-0.05, 0) is 18.8 Å². The van der Waals surface area contributed by atoms with Crippen LogP contribution < -0.4 is 10.6 Å². The molecule has 1 heterocycles. The molecule has 0 saturated heterocycles. The Labute approximate surface area is 98.5 Å². The second kappa shape index (κ2) is 4.03. The van der Waals surface area contributed by atoms with Crippen LogP contribution in [-0.2, 0) is 0 Å². The van der Waals surface area contributed by atoms with E-state index in [1.807, 2.05) is 18.0 Å². The molecule has 1 aliphatic rings. The maximum atomic E-state index is 9.05. The monoisotopic (exact) mass is 232 g/mol. The van der Waals surface area contributed by atoms with Gasteiger partial charge in [0, 0.05) is 13.6 Å². The van der Waals surface area contributed by atoms with Crippen molar-refractivity contribution >= 4 is 22.0 Å². The molecular weight excluding hydrogens is 220 g/mol. The van der Waals surface area contributed by atoms with E-state index >= 15 is 0 Å². The molecule has 0 spiro atoms. The van der Waals surface area contributed by atoms with Gasteiger partial charge in [-0.3, -0.25) is 0 Å². The van der Waals surface area contributed by atoms with Gasteiger partial charge < -0.3 is 10.6 Å². The lowest BCUT2D eigenvalue weighted by Crippen LogP contribution is -2.19. The Morgan fingerprint density at radius 1 is 1.44 bits per heavy atom. The molecule has 1 aromatic rings. The minimum absolute atomic E-state index is 0.327. The third-order valence-corrected chi connectivity index (χ3v) is 3.94. The van der Waals surface area contributed by atoms with Gasteiger partial charge in [-0.25, -0.2) is 0 Å². The summed E-state index contributed by atoms with van der Waals surface area (Å²) in [6.45, 7) is 0.944. The van der Waals surface area contributed by atoms with Gasteiger partial charge in [-0.2, -0.15) is 10.5 Å². The first-order chi connectivity index (χ1) is 7.67. The summed E-state index contributed by atoms with van der Waals surface area (Å²) >= 11 is 1.31. The molecule has 1 aliphatic carbocycles. The third-order valence-electron chi connectivity index (χ3n) is 2.72. The molecule has 0 unspecified atom stereocenters. The van der Waals surface area contributed by atoms with Gasteiger partial charge in [0.05, 0.1) is 5.69 Å². The molecule has 1 aromatic heterocycles. The van der Waals surface area contributed by atoms with Crippen LogP contribution in [0.5, 0.6) is 0 Å². The first kappa shape index (κ1) is 10.8. The van der Waals surface area contributed by atoms with Crippen molar-refractivity contribution < 1.29 is 0 Å². The lowest BCUT2D eigenvalue weighted by Gasteiger charge is -2.16. The standard InChI is InChI=1S/C11H12N4S/c1-15(6-7-2-3-7)11-8(4-12)10(14)9(5-13)16-11/h7H,2-3,6,14H2,1H3. The van der Waals surface area contributed by atoms with E-state index < -0.39 is 0 Å². The summed E-state index contributed by atoms with van der Waals surface area (Å²) < 4.78 is 0. The SMILES string of the molecule is CN(CC1CC1)c1sc(C#N)c(N)c1C#N. The Balaban J connectivity index is 2.32. The van der Waals surface area contributed by atoms with Crippen LogP contribution in [0.1, 0.15) is 23.3 Å². The van der Waals surface area contributed by atoms with Gasteiger partial charge in [0.15, 0.2) is 0 Å². The van der Waals surface area contributed by atoms with Gasteiger partial charge in [-0.1, -0.05) is 0 Å². The summed E-state index contributed by atoms with van der Waals surface area (Å²) in [7, 11) is 1.95. The van der Waals surface area contributed by atoms with Gasteiger partial charge in [0.1, 0.15) is 27.6 Å². The van der Waals surface area contributed by atoms with E-state index in [2.05, 4.69) is 6.07 Å². The molecule has 0 radical (unpaired) electrons. The van der Waals surface area contributed by atoms with Crippen LogP contribution in [0, 0.1) is 28.6 Å². The minimum Gasteiger partial charge on any atom is -0.396 e. The fourth-order valence-electron chi connectivity index (χ4n) is 1.66. The third kappa shape index (κ3) is 1.82. The van der Waals surface area contributed by atoms with Crippen molar-refractivity contribution in [1.29, 1.82) is 10.5 Å². The fourth-order valence-corrected chi connectivity index (χ4v) is 2.60. The van der Waals surface area contributed by atoms with Crippen LogP contribution in [0.25, 0.3) is 0 Å². The lowest BCUT2D eigenvalue weighted by molar-refractivity contribution is 0.792. The Morgan fingerprint density at radius 3 is 2.62 bits per heavy atom. The molecule has 16 heavy (non-hydrogen) atoms. The van der Waals surface area contributed by atoms with E-state index in [0.717, 1.165) is 17.5 Å². The molecule has 82 valence electrons. The molecule has 5 heteroatoms. The smallest absolute Gasteiger partial charge is 0.131 e. The van der Waals surface area contributed by atoms with Crippen molar-refractivity contribution in [2.75, 3.05) is 24.2 Å². The Kier molecular flexibility index (Phi) is 2.72. The second-order valence-electron chi connectivity index (χ2n) is 4.07. The summed E-state index contributed by atoms with van der Waals surface area (Å²) in [4.78, 5) is 2.48. The number of hydrogen-bond donors (Lipinski definition) is 1. The van der Waals surface area contributed by atoms with Crippen molar-refractivity contribution in [2.45, 2.75) is 12.8 Å². The van der Waals surface area contributed by atoms with Crippen molar-refractivity contribution in [3.05, 3.63) is 10.4 Å². The van der Waals surface area contributed by atoms with E-state index in [1.54, 1.807) is 0 Å². The van der Waals surface area contributed by atoms with Crippen LogP contribution in [0.3, 0.4) is 0 Å². The average molecular weight is 232 g/mol. The summed E-state index contributed by atoms with van der Waals surface area (Å²) in [5.74, 6) is 0.741. The van der Waals surface area contributed by atoms with Crippen molar-refractivity contribution in [3.63, 3.8) is 0 Å². The van der Waals surface area contributed by atoms with Crippen molar-refractivity contribution in [2.24, 2.45) is 5.92 Å². The predicted molar refractivity (Wildman–Crippen MR) is 64.2 cm³/mol. The largest absolute Gasteiger partial charge is 0.396 e. The van der Waals surface area contributed by atoms with Gasteiger partial charge >= 0.3 is 0 Å². The van der Waals surface area contributed by atoms with E-state index in [1.165, 1.54) is 24.2 Å². The summed E-state index contributed by atoms with van der Waals surface area (Å²) in [6.07, 6.45) is 2.52.